The summed E-state index contributed by atoms with van der Waals surface area (Å²) in [6.45, 7) is 0. The zero-order valence-corrected chi connectivity index (χ0v) is 19.1. The van der Waals surface area contributed by atoms with Crippen LogP contribution in [0, 0.1) is 0 Å². The fourth-order valence-corrected chi connectivity index (χ4v) is 3.29. The second-order valence-electron chi connectivity index (χ2n) is 7.63. The van der Waals surface area contributed by atoms with Gasteiger partial charge in [-0.05, 0) is 54.6 Å². The summed E-state index contributed by atoms with van der Waals surface area (Å²) in [5.74, 6) is 0. The molecule has 0 aliphatic heterocycles. The number of hydrogen-bond acceptors (Lipinski definition) is 3. The van der Waals surface area contributed by atoms with Crippen LogP contribution in [-0.2, 0) is 0 Å². The van der Waals surface area contributed by atoms with Crippen LogP contribution < -0.4 is 31.9 Å². The van der Waals surface area contributed by atoms with E-state index in [2.05, 4.69) is 31.9 Å². The number of hydrogen-bond donors (Lipinski definition) is 6. The lowest BCUT2D eigenvalue weighted by Crippen LogP contribution is -2.22. The molecule has 6 amide bonds. The van der Waals surface area contributed by atoms with Gasteiger partial charge in [0.15, 0.2) is 0 Å². The van der Waals surface area contributed by atoms with Crippen molar-refractivity contribution >= 4 is 52.2 Å². The largest absolute Gasteiger partial charge is 0.323 e. The molecule has 0 aliphatic rings. The molecule has 0 saturated carbocycles. The van der Waals surface area contributed by atoms with Gasteiger partial charge in [0.25, 0.3) is 0 Å². The van der Waals surface area contributed by atoms with E-state index >= 15 is 0 Å². The molecule has 0 fully saturated rings. The minimum absolute atomic E-state index is 0.357. The Kier molecular flexibility index (Phi) is 7.75. The molecule has 0 aromatic heterocycles. The van der Waals surface area contributed by atoms with Crippen molar-refractivity contribution in [2.24, 2.45) is 0 Å². The quantitative estimate of drug-likeness (QED) is 0.186. The summed E-state index contributed by atoms with van der Waals surface area (Å²) in [5, 5.41) is 16.4. The van der Waals surface area contributed by atoms with Crippen LogP contribution in [0.25, 0.3) is 0 Å². The Morgan fingerprint density at radius 2 is 0.556 bits per heavy atom. The second-order valence-corrected chi connectivity index (χ2v) is 7.63. The van der Waals surface area contributed by atoms with Gasteiger partial charge >= 0.3 is 18.1 Å². The number of benzene rings is 4. The van der Waals surface area contributed by atoms with E-state index in [1.54, 1.807) is 91.0 Å². The topological polar surface area (TPSA) is 123 Å². The Morgan fingerprint density at radius 3 is 0.806 bits per heavy atom. The molecule has 0 saturated heterocycles. The first-order valence-electron chi connectivity index (χ1n) is 11.1. The normalized spacial score (nSPS) is 10.0. The number of carbonyl (C=O) groups is 3. The van der Waals surface area contributed by atoms with Gasteiger partial charge in [0.2, 0.25) is 0 Å². The van der Waals surface area contributed by atoms with Crippen LogP contribution in [0.15, 0.2) is 109 Å². The van der Waals surface area contributed by atoms with Crippen LogP contribution in [-0.4, -0.2) is 18.1 Å². The summed E-state index contributed by atoms with van der Waals surface area (Å²) in [6.07, 6.45) is 0. The number of nitrogens with one attached hydrogen (secondary N) is 6. The third-order valence-electron chi connectivity index (χ3n) is 4.80. The van der Waals surface area contributed by atoms with Gasteiger partial charge in [0, 0.05) is 34.1 Å². The first-order chi connectivity index (χ1) is 17.5. The van der Waals surface area contributed by atoms with Gasteiger partial charge in [-0.2, -0.15) is 0 Å². The smallest absolute Gasteiger partial charge is 0.308 e. The van der Waals surface area contributed by atoms with Gasteiger partial charge in [0.1, 0.15) is 0 Å². The van der Waals surface area contributed by atoms with Gasteiger partial charge in [-0.25, -0.2) is 14.4 Å². The molecule has 4 rings (SSSR count). The lowest BCUT2D eigenvalue weighted by Gasteiger charge is -2.14. The van der Waals surface area contributed by atoms with Crippen molar-refractivity contribution in [2.45, 2.75) is 0 Å². The molecule has 4 aromatic carbocycles. The molecule has 4 aromatic rings. The zero-order valence-electron chi connectivity index (χ0n) is 19.1. The third kappa shape index (κ3) is 7.35. The van der Waals surface area contributed by atoms with Crippen molar-refractivity contribution in [1.29, 1.82) is 0 Å². The molecule has 180 valence electrons. The van der Waals surface area contributed by atoms with Crippen molar-refractivity contribution in [3.63, 3.8) is 0 Å². The van der Waals surface area contributed by atoms with E-state index < -0.39 is 18.1 Å². The number of urea groups is 3. The van der Waals surface area contributed by atoms with Gasteiger partial charge in [-0.3, -0.25) is 0 Å². The maximum Gasteiger partial charge on any atom is 0.323 e. The summed E-state index contributed by atoms with van der Waals surface area (Å²) >= 11 is 0. The molecule has 0 bridgehead atoms. The summed E-state index contributed by atoms with van der Waals surface area (Å²) in [4.78, 5) is 37.5. The van der Waals surface area contributed by atoms with E-state index in [1.807, 2.05) is 18.2 Å². The number of carbonyl (C=O) groups excluding carboxylic acids is 3. The molecule has 0 unspecified atom stereocenters. The molecular formula is C27H24N6O3. The minimum Gasteiger partial charge on any atom is -0.308 e. The first kappa shape index (κ1) is 23.8. The predicted octanol–water partition coefficient (Wildman–Crippen LogP) is 6.62. The van der Waals surface area contributed by atoms with Gasteiger partial charge in [-0.15, -0.1) is 0 Å². The van der Waals surface area contributed by atoms with Crippen LogP contribution in [0.4, 0.5) is 48.5 Å². The van der Waals surface area contributed by atoms with Crippen LogP contribution in [0.3, 0.4) is 0 Å². The molecule has 0 atom stereocenters. The highest BCUT2D eigenvalue weighted by atomic mass is 16.2. The van der Waals surface area contributed by atoms with E-state index in [1.165, 1.54) is 0 Å². The summed E-state index contributed by atoms with van der Waals surface area (Å²) in [5.41, 5.74) is 2.93. The fourth-order valence-electron chi connectivity index (χ4n) is 3.29. The van der Waals surface area contributed by atoms with Crippen molar-refractivity contribution in [3.8, 4) is 0 Å². The molecule has 6 N–H and O–H groups in total. The zero-order chi connectivity index (χ0) is 25.2. The highest BCUT2D eigenvalue weighted by molar-refractivity contribution is 6.05. The molecule has 0 spiro atoms. The average molecular weight is 481 g/mol. The second kappa shape index (κ2) is 11.7. The average Bonchev–Trinajstić information content (AvgIpc) is 2.85. The van der Waals surface area contributed by atoms with Gasteiger partial charge < -0.3 is 31.9 Å². The van der Waals surface area contributed by atoms with Crippen molar-refractivity contribution in [2.75, 3.05) is 31.9 Å². The predicted molar refractivity (Wildman–Crippen MR) is 144 cm³/mol. The Morgan fingerprint density at radius 1 is 0.333 bits per heavy atom. The SMILES string of the molecule is O=C(Nc1ccccc1)Nc1cc(NC(=O)Nc2ccccc2)cc(NC(=O)Nc2ccccc2)c1. The van der Waals surface area contributed by atoms with Gasteiger partial charge in [-0.1, -0.05) is 54.6 Å². The van der Waals surface area contributed by atoms with E-state index in [0.29, 0.717) is 34.1 Å². The summed E-state index contributed by atoms with van der Waals surface area (Å²) in [7, 11) is 0. The van der Waals surface area contributed by atoms with E-state index in [4.69, 9.17) is 0 Å². The van der Waals surface area contributed by atoms with Crippen LogP contribution in [0.1, 0.15) is 0 Å². The van der Waals surface area contributed by atoms with E-state index in [9.17, 15) is 14.4 Å². The molecule has 0 aliphatic carbocycles. The Balaban J connectivity index is 1.49. The van der Waals surface area contributed by atoms with E-state index in [0.717, 1.165) is 0 Å². The summed E-state index contributed by atoms with van der Waals surface area (Å²) in [6, 6.07) is 30.2. The molecule has 0 heterocycles. The standard InChI is InChI=1S/C27H24N6O3/c34-25(28-19-10-4-1-5-11-19)31-22-16-23(32-26(35)29-20-12-6-2-7-13-20)18-24(17-22)33-27(36)30-21-14-8-3-9-15-21/h1-18H,(H2,28,31,34)(H2,29,32,35)(H2,30,33,36). The number of amides is 6. The van der Waals surface area contributed by atoms with Crippen LogP contribution in [0.2, 0.25) is 0 Å². The highest BCUT2D eigenvalue weighted by Gasteiger charge is 2.11. The van der Waals surface area contributed by atoms with Crippen molar-refractivity contribution in [3.05, 3.63) is 109 Å². The minimum atomic E-state index is -0.480. The van der Waals surface area contributed by atoms with E-state index in [-0.39, 0.29) is 0 Å². The maximum absolute atomic E-state index is 12.5. The maximum atomic E-state index is 12.5. The molecular weight excluding hydrogens is 456 g/mol. The lowest BCUT2D eigenvalue weighted by atomic mass is 10.2. The van der Waals surface area contributed by atoms with Crippen molar-refractivity contribution < 1.29 is 14.4 Å². The molecule has 9 nitrogen and oxygen atoms in total. The number of para-hydroxylation sites is 3. The highest BCUT2D eigenvalue weighted by Crippen LogP contribution is 2.24. The van der Waals surface area contributed by atoms with Crippen molar-refractivity contribution in [1.82, 2.24) is 0 Å². The lowest BCUT2D eigenvalue weighted by molar-refractivity contribution is 0.261. The molecule has 0 radical (unpaired) electrons. The number of anilines is 6. The Hall–Kier alpha value is -5.31. The Bertz CT molecular complexity index is 1150. The Labute approximate surface area is 207 Å². The van der Waals surface area contributed by atoms with Gasteiger partial charge in [0.05, 0.1) is 0 Å². The van der Waals surface area contributed by atoms with Crippen LogP contribution in [0.5, 0.6) is 0 Å². The fraction of sp³-hybridized carbons (Fsp3) is 0. The molecule has 9 heteroatoms. The molecule has 36 heavy (non-hydrogen) atoms. The number of rotatable bonds is 6. The van der Waals surface area contributed by atoms with Crippen LogP contribution >= 0.6 is 0 Å². The third-order valence-corrected chi connectivity index (χ3v) is 4.80. The summed E-state index contributed by atoms with van der Waals surface area (Å²) < 4.78 is 0. The monoisotopic (exact) mass is 480 g/mol. The first-order valence-corrected chi connectivity index (χ1v) is 11.1.